The summed E-state index contributed by atoms with van der Waals surface area (Å²) < 4.78 is 0. The summed E-state index contributed by atoms with van der Waals surface area (Å²) in [6, 6.07) is 0.0928. The van der Waals surface area contributed by atoms with Crippen molar-refractivity contribution in [2.45, 2.75) is 156 Å². The number of nitrogens with one attached hydrogen (secondary N) is 9. The fraction of sp³-hybridized carbons (Fsp3) is 0.660. The molecule has 6 atom stereocenters. The van der Waals surface area contributed by atoms with Crippen LogP contribution in [0.15, 0.2) is 29.3 Å². The Bertz CT molecular complexity index is 1890. The van der Waals surface area contributed by atoms with Crippen LogP contribution in [0.2, 0.25) is 0 Å². The van der Waals surface area contributed by atoms with Gasteiger partial charge in [0, 0.05) is 25.6 Å². The molecule has 0 saturated carbocycles. The highest BCUT2D eigenvalue weighted by atomic mass is 16.2. The lowest BCUT2D eigenvalue weighted by atomic mass is 9.98. The van der Waals surface area contributed by atoms with Crippen molar-refractivity contribution in [3.8, 4) is 0 Å². The number of benzene rings is 1. The van der Waals surface area contributed by atoms with E-state index in [1.54, 1.807) is 38.1 Å². The van der Waals surface area contributed by atoms with Gasteiger partial charge in [0.2, 0.25) is 47.3 Å². The molecular formula is C47H82N14O8. The lowest BCUT2D eigenvalue weighted by Crippen LogP contribution is -2.60. The van der Waals surface area contributed by atoms with Crippen molar-refractivity contribution in [2.75, 3.05) is 19.6 Å². The summed E-state index contributed by atoms with van der Waals surface area (Å²) in [6.45, 7) is 16.1. The van der Waals surface area contributed by atoms with E-state index in [2.05, 4.69) is 47.5 Å². The fourth-order valence-electron chi connectivity index (χ4n) is 7.07. The first-order valence-corrected chi connectivity index (χ1v) is 23.9. The van der Waals surface area contributed by atoms with E-state index in [1.807, 2.05) is 41.5 Å². The molecule has 1 aromatic rings. The fourth-order valence-corrected chi connectivity index (χ4v) is 7.07. The second-order valence-electron chi connectivity index (χ2n) is 19.0. The molecule has 0 unspecified atom stereocenters. The summed E-state index contributed by atoms with van der Waals surface area (Å²) in [5.41, 5.74) is 23.6. The zero-order valence-electron chi connectivity index (χ0n) is 42.1. The highest BCUT2D eigenvalue weighted by Gasteiger charge is 2.35. The molecule has 22 nitrogen and oxygen atoms in total. The number of nitrogens with two attached hydrogens (primary N) is 4. The molecule has 0 aromatic heterocycles. The summed E-state index contributed by atoms with van der Waals surface area (Å²) in [5.74, 6) is -5.76. The number of hydrogen-bond donors (Lipinski definition) is 13. The molecule has 1 aromatic carbocycles. The lowest BCUT2D eigenvalue weighted by Gasteiger charge is -2.29. The molecule has 0 spiro atoms. The first kappa shape index (κ1) is 60.7. The predicted octanol–water partition coefficient (Wildman–Crippen LogP) is -0.391. The minimum atomic E-state index is -1.24. The third-order valence-electron chi connectivity index (χ3n) is 10.7. The van der Waals surface area contributed by atoms with Crippen molar-refractivity contribution in [1.82, 2.24) is 42.5 Å². The van der Waals surface area contributed by atoms with Crippen molar-refractivity contribution in [3.05, 3.63) is 35.4 Å². The molecule has 0 bridgehead atoms. The van der Waals surface area contributed by atoms with E-state index in [-0.39, 0.29) is 87.7 Å². The third kappa shape index (κ3) is 25.0. The molecule has 69 heavy (non-hydrogen) atoms. The van der Waals surface area contributed by atoms with Crippen molar-refractivity contribution >= 4 is 59.1 Å². The molecule has 0 aliphatic heterocycles. The molecule has 0 fully saturated rings. The minimum absolute atomic E-state index is 0.0254. The number of unbranched alkanes of at least 4 members (excludes halogenated alkanes) is 1. The highest BCUT2D eigenvalue weighted by Crippen LogP contribution is 2.14. The Hall–Kier alpha value is -6.32. The van der Waals surface area contributed by atoms with E-state index < -0.39 is 89.4 Å². The van der Waals surface area contributed by atoms with Gasteiger partial charge < -0.3 is 65.5 Å². The molecule has 0 saturated heterocycles. The van der Waals surface area contributed by atoms with Gasteiger partial charge in [0.25, 0.3) is 0 Å². The van der Waals surface area contributed by atoms with Crippen LogP contribution in [0.1, 0.15) is 125 Å². The number of nitrogens with zero attached hydrogens (tertiary/aromatic N) is 1. The van der Waals surface area contributed by atoms with Crippen LogP contribution in [0.3, 0.4) is 0 Å². The van der Waals surface area contributed by atoms with Gasteiger partial charge in [-0.1, -0.05) is 79.7 Å². The zero-order valence-corrected chi connectivity index (χ0v) is 42.1. The molecule has 22 heteroatoms. The van der Waals surface area contributed by atoms with Crippen LogP contribution in [0.4, 0.5) is 0 Å². The number of hydrogen-bond acceptors (Lipinski definition) is 11. The van der Waals surface area contributed by atoms with Gasteiger partial charge in [-0.25, -0.2) is 0 Å². The zero-order chi connectivity index (χ0) is 52.4. The number of carbonyl (C=O) groups excluding carboxylic acids is 8. The van der Waals surface area contributed by atoms with E-state index in [1.165, 1.54) is 6.92 Å². The van der Waals surface area contributed by atoms with Crippen LogP contribution < -0.4 is 65.5 Å². The summed E-state index contributed by atoms with van der Waals surface area (Å²) in [4.78, 5) is 112. The molecule has 0 aliphatic carbocycles. The number of amides is 8. The van der Waals surface area contributed by atoms with Crippen LogP contribution in [0, 0.1) is 29.1 Å². The SMILES string of the molecule is CC(=O)NCC(=O)N[C@@H](CC(C)C)C(=O)N[C@@H](CC(C)C)C(=O)N[C@@H](CC(C)C)C(=O)N[C@@H](CCCN=C(N)N)C(=O)N[C@H](C(=O)N[C@@H](CCCCN)C(=O)NCc1ccc(C(=N)N)cc1)C(C)C. The van der Waals surface area contributed by atoms with Crippen molar-refractivity contribution in [3.63, 3.8) is 0 Å². The van der Waals surface area contributed by atoms with E-state index in [0.29, 0.717) is 24.9 Å². The number of guanidine groups is 1. The van der Waals surface area contributed by atoms with Gasteiger partial charge in [-0.3, -0.25) is 48.8 Å². The normalized spacial score (nSPS) is 13.8. The van der Waals surface area contributed by atoms with Gasteiger partial charge in [-0.2, -0.15) is 0 Å². The number of nitrogen functional groups attached to an aromatic ring is 1. The molecule has 388 valence electrons. The smallest absolute Gasteiger partial charge is 0.243 e. The Balaban J connectivity index is 3.40. The Kier molecular flexibility index (Phi) is 27.9. The molecular weight excluding hydrogens is 889 g/mol. The van der Waals surface area contributed by atoms with Crippen LogP contribution in [0.25, 0.3) is 0 Å². The first-order valence-electron chi connectivity index (χ1n) is 23.9. The van der Waals surface area contributed by atoms with E-state index >= 15 is 0 Å². The van der Waals surface area contributed by atoms with Gasteiger partial charge in [0.1, 0.15) is 42.1 Å². The number of aliphatic imine (C=N–C) groups is 1. The average Bonchev–Trinajstić information content (AvgIpc) is 3.25. The van der Waals surface area contributed by atoms with Crippen LogP contribution in [-0.4, -0.2) is 115 Å². The summed E-state index contributed by atoms with van der Waals surface area (Å²) in [5, 5.41) is 29.4. The topological polar surface area (TPSA) is 373 Å². The second kappa shape index (κ2) is 31.7. The largest absolute Gasteiger partial charge is 0.384 e. The Labute approximate surface area is 407 Å². The van der Waals surface area contributed by atoms with Crippen molar-refractivity contribution < 1.29 is 38.4 Å². The summed E-state index contributed by atoms with van der Waals surface area (Å²) >= 11 is 0. The minimum Gasteiger partial charge on any atom is -0.384 e. The van der Waals surface area contributed by atoms with Gasteiger partial charge in [0.15, 0.2) is 5.96 Å². The predicted molar refractivity (Wildman–Crippen MR) is 266 cm³/mol. The summed E-state index contributed by atoms with van der Waals surface area (Å²) in [7, 11) is 0. The van der Waals surface area contributed by atoms with Crippen LogP contribution in [0.5, 0.6) is 0 Å². The summed E-state index contributed by atoms with van der Waals surface area (Å²) in [6.07, 6.45) is 2.22. The maximum atomic E-state index is 14.2. The van der Waals surface area contributed by atoms with E-state index in [9.17, 15) is 38.4 Å². The lowest BCUT2D eigenvalue weighted by molar-refractivity contribution is -0.136. The third-order valence-corrected chi connectivity index (χ3v) is 10.7. The highest BCUT2D eigenvalue weighted by molar-refractivity contribution is 5.97. The van der Waals surface area contributed by atoms with Crippen LogP contribution in [-0.2, 0) is 44.9 Å². The van der Waals surface area contributed by atoms with Crippen molar-refractivity contribution in [2.24, 2.45) is 51.6 Å². The van der Waals surface area contributed by atoms with E-state index in [0.717, 1.165) is 5.56 Å². The van der Waals surface area contributed by atoms with Gasteiger partial charge in [-0.05, 0) is 87.1 Å². The maximum Gasteiger partial charge on any atom is 0.243 e. The first-order chi connectivity index (χ1) is 32.3. The Morgan fingerprint density at radius 3 is 1.46 bits per heavy atom. The molecule has 1 rings (SSSR count). The molecule has 8 amide bonds. The Morgan fingerprint density at radius 2 is 1.01 bits per heavy atom. The molecule has 0 radical (unpaired) electrons. The quantitative estimate of drug-likeness (QED) is 0.0250. The number of carbonyl (C=O) groups is 8. The molecule has 17 N–H and O–H groups in total. The monoisotopic (exact) mass is 971 g/mol. The van der Waals surface area contributed by atoms with E-state index in [4.69, 9.17) is 28.3 Å². The molecule has 0 aliphatic rings. The average molecular weight is 971 g/mol. The number of rotatable bonds is 32. The van der Waals surface area contributed by atoms with Gasteiger partial charge >= 0.3 is 0 Å². The van der Waals surface area contributed by atoms with Crippen LogP contribution >= 0.6 is 0 Å². The molecule has 0 heterocycles. The van der Waals surface area contributed by atoms with Gasteiger partial charge in [0.05, 0.1) is 6.54 Å². The van der Waals surface area contributed by atoms with Gasteiger partial charge in [-0.15, -0.1) is 0 Å². The van der Waals surface area contributed by atoms with Crippen molar-refractivity contribution in [1.29, 1.82) is 5.41 Å². The maximum absolute atomic E-state index is 14.2. The standard InChI is InChI=1S/C47H82N14O8/c1-26(2)21-35(56-38(63)25-54-30(9)62)43(66)59-37(23-28(5)6)45(68)60-36(22-27(3)4)44(67)57-34(14-12-20-53-47(51)52)42(65)61-39(29(7)8)46(69)58-33(13-10-11-19-48)41(64)55-24-31-15-17-32(18-16-31)40(49)50/h15-18,26-29,33-37,39H,10-14,19-25,48H2,1-9H3,(H3,49,50)(H,54,62)(H,55,64)(H,56,63)(H,57,67)(H,58,69)(H,59,66)(H,60,68)(H,61,65)(H4,51,52,53)/t33-,34-,35-,36-,37-,39-/m0/s1. The Morgan fingerprint density at radius 1 is 0.565 bits per heavy atom. The number of amidine groups is 1. The second-order valence-corrected chi connectivity index (χ2v) is 19.0.